The van der Waals surface area contributed by atoms with Gasteiger partial charge in [0.2, 0.25) is 0 Å². The van der Waals surface area contributed by atoms with E-state index < -0.39 is 0 Å². The second-order valence-corrected chi connectivity index (χ2v) is 6.84. The molecule has 1 heterocycles. The van der Waals surface area contributed by atoms with Gasteiger partial charge in [0.1, 0.15) is 28.2 Å². The number of hydrogen-bond donors (Lipinski definition) is 0. The Bertz CT molecular complexity index is 664. The van der Waals surface area contributed by atoms with E-state index in [4.69, 9.17) is 25.8 Å². The van der Waals surface area contributed by atoms with Crippen LogP contribution in [-0.4, -0.2) is 37.2 Å². The summed E-state index contributed by atoms with van der Waals surface area (Å²) >= 11 is 8.16. The standard InChI is InChI=1S/C17H22ClNO3S/c1-5-23-15-10-14(22-11(2)3)12-6-7-13(21-9-8-20-4)16(18)17(12)19-15/h6-7,10-11H,5,8-9H2,1-4H3. The molecule has 126 valence electrons. The molecular weight excluding hydrogens is 334 g/mol. The molecule has 0 aliphatic heterocycles. The number of hydrogen-bond acceptors (Lipinski definition) is 5. The highest BCUT2D eigenvalue weighted by Crippen LogP contribution is 2.38. The summed E-state index contributed by atoms with van der Waals surface area (Å²) in [6, 6.07) is 5.76. The first kappa shape index (κ1) is 18.2. The summed E-state index contributed by atoms with van der Waals surface area (Å²) < 4.78 is 16.6. The van der Waals surface area contributed by atoms with Gasteiger partial charge in [-0.2, -0.15) is 0 Å². The Hall–Kier alpha value is -1.17. The number of thioether (sulfide) groups is 1. The fourth-order valence-corrected chi connectivity index (χ4v) is 3.01. The summed E-state index contributed by atoms with van der Waals surface area (Å²) in [6.07, 6.45) is 0.0801. The number of aromatic nitrogens is 1. The monoisotopic (exact) mass is 355 g/mol. The van der Waals surface area contributed by atoms with Crippen molar-refractivity contribution in [2.75, 3.05) is 26.1 Å². The van der Waals surface area contributed by atoms with E-state index in [0.29, 0.717) is 29.5 Å². The van der Waals surface area contributed by atoms with Crippen molar-refractivity contribution in [3.8, 4) is 11.5 Å². The van der Waals surface area contributed by atoms with E-state index >= 15 is 0 Å². The van der Waals surface area contributed by atoms with Crippen LogP contribution in [0.5, 0.6) is 11.5 Å². The maximum Gasteiger partial charge on any atom is 0.140 e. The zero-order valence-electron chi connectivity index (χ0n) is 13.9. The van der Waals surface area contributed by atoms with Crippen LogP contribution in [0.25, 0.3) is 10.9 Å². The lowest BCUT2D eigenvalue weighted by molar-refractivity contribution is 0.146. The second kappa shape index (κ2) is 8.62. The zero-order chi connectivity index (χ0) is 16.8. The Balaban J connectivity index is 2.48. The van der Waals surface area contributed by atoms with Crippen molar-refractivity contribution in [1.82, 2.24) is 4.98 Å². The van der Waals surface area contributed by atoms with Gasteiger partial charge < -0.3 is 14.2 Å². The third-order valence-corrected chi connectivity index (χ3v) is 4.18. The summed E-state index contributed by atoms with van der Waals surface area (Å²) in [4.78, 5) is 4.66. The predicted molar refractivity (Wildman–Crippen MR) is 96.3 cm³/mol. The molecule has 0 bridgehead atoms. The first-order valence-corrected chi connectivity index (χ1v) is 8.97. The Morgan fingerprint density at radius 2 is 2.00 bits per heavy atom. The molecule has 0 atom stereocenters. The van der Waals surface area contributed by atoms with Crippen LogP contribution in [0.1, 0.15) is 20.8 Å². The number of halogens is 1. The molecule has 6 heteroatoms. The molecule has 0 unspecified atom stereocenters. The van der Waals surface area contributed by atoms with Crippen molar-refractivity contribution in [1.29, 1.82) is 0 Å². The predicted octanol–water partition coefficient (Wildman–Crippen LogP) is 4.81. The minimum atomic E-state index is 0.0801. The molecule has 0 N–H and O–H groups in total. The summed E-state index contributed by atoms with van der Waals surface area (Å²) in [5, 5.41) is 2.29. The van der Waals surface area contributed by atoms with Crippen LogP contribution in [0.2, 0.25) is 5.02 Å². The average Bonchev–Trinajstić information content (AvgIpc) is 2.50. The Kier molecular flexibility index (Phi) is 6.81. The van der Waals surface area contributed by atoms with E-state index in [1.807, 2.05) is 32.0 Å². The van der Waals surface area contributed by atoms with Crippen LogP contribution in [0.3, 0.4) is 0 Å². The number of nitrogens with zero attached hydrogens (tertiary/aromatic N) is 1. The van der Waals surface area contributed by atoms with E-state index in [0.717, 1.165) is 21.9 Å². The van der Waals surface area contributed by atoms with Gasteiger partial charge in [-0.05, 0) is 31.7 Å². The molecule has 2 aromatic rings. The first-order valence-electron chi connectivity index (χ1n) is 7.61. The molecular formula is C17H22ClNO3S. The van der Waals surface area contributed by atoms with Gasteiger partial charge in [-0.15, -0.1) is 11.8 Å². The molecule has 0 aliphatic rings. The van der Waals surface area contributed by atoms with Crippen molar-refractivity contribution in [2.24, 2.45) is 0 Å². The third-order valence-electron chi connectivity index (χ3n) is 3.02. The maximum atomic E-state index is 6.51. The topological polar surface area (TPSA) is 40.6 Å². The number of rotatable bonds is 8. The number of ether oxygens (including phenoxy) is 3. The molecule has 0 spiro atoms. The van der Waals surface area contributed by atoms with Gasteiger partial charge in [0.15, 0.2) is 0 Å². The molecule has 0 radical (unpaired) electrons. The van der Waals surface area contributed by atoms with Crippen molar-refractivity contribution in [2.45, 2.75) is 31.9 Å². The lowest BCUT2D eigenvalue weighted by Crippen LogP contribution is -2.07. The third kappa shape index (κ3) is 4.66. The summed E-state index contributed by atoms with van der Waals surface area (Å²) in [7, 11) is 1.64. The van der Waals surface area contributed by atoms with Gasteiger partial charge in [-0.3, -0.25) is 0 Å². The molecule has 23 heavy (non-hydrogen) atoms. The molecule has 1 aromatic heterocycles. The summed E-state index contributed by atoms with van der Waals surface area (Å²) in [5.41, 5.74) is 0.704. The fraction of sp³-hybridized carbons (Fsp3) is 0.471. The van der Waals surface area contributed by atoms with E-state index in [1.54, 1.807) is 18.9 Å². The highest BCUT2D eigenvalue weighted by atomic mass is 35.5. The molecule has 4 nitrogen and oxygen atoms in total. The minimum Gasteiger partial charge on any atom is -0.490 e. The Labute approximate surface area is 146 Å². The average molecular weight is 356 g/mol. The number of benzene rings is 1. The molecule has 0 fully saturated rings. The SMILES string of the molecule is CCSc1cc(OC(C)C)c2ccc(OCCOC)c(Cl)c2n1. The van der Waals surface area contributed by atoms with Crippen molar-refractivity contribution < 1.29 is 14.2 Å². The van der Waals surface area contributed by atoms with Crippen molar-refractivity contribution in [3.63, 3.8) is 0 Å². The fourth-order valence-electron chi connectivity index (χ4n) is 2.11. The minimum absolute atomic E-state index is 0.0801. The van der Waals surface area contributed by atoms with Gasteiger partial charge in [0.05, 0.1) is 18.2 Å². The van der Waals surface area contributed by atoms with Gasteiger partial charge in [-0.1, -0.05) is 18.5 Å². The zero-order valence-corrected chi connectivity index (χ0v) is 15.5. The lowest BCUT2D eigenvalue weighted by atomic mass is 10.2. The number of pyridine rings is 1. The largest absolute Gasteiger partial charge is 0.490 e. The normalized spacial score (nSPS) is 11.2. The van der Waals surface area contributed by atoms with E-state index in [1.165, 1.54) is 0 Å². The maximum absolute atomic E-state index is 6.51. The van der Waals surface area contributed by atoms with Crippen LogP contribution >= 0.6 is 23.4 Å². The van der Waals surface area contributed by atoms with Crippen molar-refractivity contribution in [3.05, 3.63) is 23.2 Å². The Morgan fingerprint density at radius 1 is 1.22 bits per heavy atom. The van der Waals surface area contributed by atoms with E-state index in [2.05, 4.69) is 11.9 Å². The highest BCUT2D eigenvalue weighted by molar-refractivity contribution is 7.99. The molecule has 0 aliphatic carbocycles. The summed E-state index contributed by atoms with van der Waals surface area (Å²) in [6.45, 7) is 7.05. The van der Waals surface area contributed by atoms with Gasteiger partial charge in [0.25, 0.3) is 0 Å². The van der Waals surface area contributed by atoms with Crippen LogP contribution in [0.15, 0.2) is 23.2 Å². The van der Waals surface area contributed by atoms with Gasteiger partial charge in [-0.25, -0.2) is 4.98 Å². The van der Waals surface area contributed by atoms with E-state index in [-0.39, 0.29) is 6.10 Å². The highest BCUT2D eigenvalue weighted by Gasteiger charge is 2.15. The van der Waals surface area contributed by atoms with Crippen LogP contribution < -0.4 is 9.47 Å². The molecule has 0 amide bonds. The molecule has 1 aromatic carbocycles. The number of fused-ring (bicyclic) bond motifs is 1. The van der Waals surface area contributed by atoms with Crippen LogP contribution in [-0.2, 0) is 4.74 Å². The van der Waals surface area contributed by atoms with Crippen LogP contribution in [0, 0.1) is 0 Å². The van der Waals surface area contributed by atoms with Gasteiger partial charge in [0, 0.05) is 18.6 Å². The Morgan fingerprint density at radius 3 is 2.65 bits per heavy atom. The quantitative estimate of drug-likeness (QED) is 0.502. The number of methoxy groups -OCH3 is 1. The van der Waals surface area contributed by atoms with Crippen LogP contribution in [0.4, 0.5) is 0 Å². The summed E-state index contributed by atoms with van der Waals surface area (Å²) in [5.74, 6) is 2.34. The van der Waals surface area contributed by atoms with E-state index in [9.17, 15) is 0 Å². The smallest absolute Gasteiger partial charge is 0.140 e. The van der Waals surface area contributed by atoms with Crippen molar-refractivity contribution >= 4 is 34.3 Å². The lowest BCUT2D eigenvalue weighted by Gasteiger charge is -2.15. The molecule has 0 saturated heterocycles. The second-order valence-electron chi connectivity index (χ2n) is 5.17. The molecule has 0 saturated carbocycles. The van der Waals surface area contributed by atoms with Gasteiger partial charge >= 0.3 is 0 Å². The molecule has 2 rings (SSSR count). The first-order chi connectivity index (χ1) is 11.1.